The van der Waals surface area contributed by atoms with Gasteiger partial charge in [-0.05, 0) is 26.3 Å². The lowest BCUT2D eigenvalue weighted by atomic mass is 10.1. The van der Waals surface area contributed by atoms with E-state index in [1.54, 1.807) is 26.3 Å². The van der Waals surface area contributed by atoms with Crippen LogP contribution in [0.4, 0.5) is 4.79 Å². The second-order valence-electron chi connectivity index (χ2n) is 3.22. The zero-order valence-electron chi connectivity index (χ0n) is 8.28. The average molecular weight is 196 g/mol. The molecule has 0 saturated heterocycles. The first-order chi connectivity index (χ1) is 6.59. The molecule has 0 atom stereocenters. The molecule has 0 aromatic heterocycles. The monoisotopic (exact) mass is 196 g/mol. The quantitative estimate of drug-likeness (QED) is 0.710. The molecule has 0 unspecified atom stereocenters. The highest BCUT2D eigenvalue weighted by molar-refractivity contribution is 5.70. The summed E-state index contributed by atoms with van der Waals surface area (Å²) in [6, 6.07) is 0. The smallest absolute Gasteiger partial charge is 0.411 e. The Labute approximate surface area is 83.3 Å². The highest BCUT2D eigenvalue weighted by Crippen LogP contribution is 2.13. The Kier molecular flexibility index (Phi) is 3.56. The number of ether oxygens (including phenoxy) is 1. The lowest BCUT2D eigenvalue weighted by Gasteiger charge is -2.13. The van der Waals surface area contributed by atoms with E-state index in [0.717, 1.165) is 0 Å². The zero-order valence-corrected chi connectivity index (χ0v) is 8.28. The van der Waals surface area contributed by atoms with Gasteiger partial charge in [-0.3, -0.25) is 5.32 Å². The van der Waals surface area contributed by atoms with Crippen molar-refractivity contribution >= 4 is 6.09 Å². The molecule has 0 aromatic rings. The van der Waals surface area contributed by atoms with Crippen molar-refractivity contribution < 1.29 is 14.6 Å². The first-order valence-corrected chi connectivity index (χ1v) is 4.50. The number of alkyl carbamates (subject to hydrolysis) is 1. The van der Waals surface area contributed by atoms with Crippen LogP contribution in [0.5, 0.6) is 0 Å². The third-order valence-corrected chi connectivity index (χ3v) is 1.59. The van der Waals surface area contributed by atoms with Crippen molar-refractivity contribution in [3.05, 3.63) is 30.0 Å². The summed E-state index contributed by atoms with van der Waals surface area (Å²) in [7, 11) is 0. The van der Waals surface area contributed by atoms with Crippen LogP contribution in [0.25, 0.3) is 0 Å². The number of amides is 1. The van der Waals surface area contributed by atoms with E-state index < -0.39 is 6.09 Å². The molecule has 0 saturated carbocycles. The Hall–Kier alpha value is -1.45. The second-order valence-corrected chi connectivity index (χ2v) is 3.22. The number of rotatable bonds is 2. The predicted molar refractivity (Wildman–Crippen MR) is 52.5 cm³/mol. The van der Waals surface area contributed by atoms with Crippen molar-refractivity contribution in [3.8, 4) is 0 Å². The molecule has 0 aliphatic heterocycles. The maximum Gasteiger partial charge on any atom is 0.411 e. The van der Waals surface area contributed by atoms with Crippen molar-refractivity contribution in [2.24, 2.45) is 0 Å². The lowest BCUT2D eigenvalue weighted by molar-refractivity contribution is 0.118. The van der Waals surface area contributed by atoms with Gasteiger partial charge in [-0.2, -0.15) is 0 Å². The molecular formula is C10H14NO3. The third kappa shape index (κ3) is 3.12. The minimum absolute atomic E-state index is 0.0770. The SMILES string of the molecule is CC(C)OC(=O)NC1=C(O)[CH]CC=C1. The van der Waals surface area contributed by atoms with Gasteiger partial charge in [0.2, 0.25) is 0 Å². The summed E-state index contributed by atoms with van der Waals surface area (Å²) >= 11 is 0. The van der Waals surface area contributed by atoms with Gasteiger partial charge in [0.25, 0.3) is 0 Å². The summed E-state index contributed by atoms with van der Waals surface area (Å²) in [5, 5.41) is 11.8. The fourth-order valence-electron chi connectivity index (χ4n) is 1.02. The number of carbonyl (C=O) groups excluding carboxylic acids is 1. The van der Waals surface area contributed by atoms with Crippen molar-refractivity contribution in [1.82, 2.24) is 5.32 Å². The van der Waals surface area contributed by atoms with Crippen LogP contribution in [-0.4, -0.2) is 17.3 Å². The summed E-state index contributed by atoms with van der Waals surface area (Å²) in [6.07, 6.45) is 5.05. The number of carbonyl (C=O) groups is 1. The Morgan fingerprint density at radius 2 is 2.36 bits per heavy atom. The van der Waals surface area contributed by atoms with Crippen LogP contribution in [-0.2, 0) is 4.74 Å². The first-order valence-electron chi connectivity index (χ1n) is 4.50. The van der Waals surface area contributed by atoms with Crippen LogP contribution >= 0.6 is 0 Å². The molecule has 1 amide bonds. The summed E-state index contributed by atoms with van der Waals surface area (Å²) in [6.45, 7) is 3.52. The molecule has 1 rings (SSSR count). The van der Waals surface area contributed by atoms with Crippen molar-refractivity contribution in [2.45, 2.75) is 26.4 Å². The summed E-state index contributed by atoms with van der Waals surface area (Å²) < 4.78 is 4.86. The van der Waals surface area contributed by atoms with Crippen LogP contribution < -0.4 is 5.32 Å². The normalized spacial score (nSPS) is 15.9. The molecular weight excluding hydrogens is 182 g/mol. The van der Waals surface area contributed by atoms with Gasteiger partial charge < -0.3 is 9.84 Å². The number of hydrogen-bond acceptors (Lipinski definition) is 3. The zero-order chi connectivity index (χ0) is 10.6. The van der Waals surface area contributed by atoms with Gasteiger partial charge in [0.15, 0.2) is 0 Å². The van der Waals surface area contributed by atoms with Crippen LogP contribution in [0.15, 0.2) is 23.6 Å². The molecule has 1 aliphatic rings. The number of nitrogens with one attached hydrogen (secondary N) is 1. The molecule has 0 fully saturated rings. The van der Waals surface area contributed by atoms with Crippen molar-refractivity contribution in [1.29, 1.82) is 0 Å². The van der Waals surface area contributed by atoms with Crippen LogP contribution in [0, 0.1) is 6.42 Å². The van der Waals surface area contributed by atoms with E-state index >= 15 is 0 Å². The first kappa shape index (κ1) is 10.6. The number of aliphatic hydroxyl groups excluding tert-OH is 1. The topological polar surface area (TPSA) is 58.6 Å². The highest BCUT2D eigenvalue weighted by Gasteiger charge is 2.11. The molecule has 0 bridgehead atoms. The molecule has 1 radical (unpaired) electrons. The minimum Gasteiger partial charge on any atom is -0.510 e. The van der Waals surface area contributed by atoms with Gasteiger partial charge in [-0.25, -0.2) is 4.79 Å². The highest BCUT2D eigenvalue weighted by atomic mass is 16.6. The average Bonchev–Trinajstić information content (AvgIpc) is 2.07. The number of allylic oxidation sites excluding steroid dienone is 3. The van der Waals surface area contributed by atoms with Crippen LogP contribution in [0.2, 0.25) is 0 Å². The van der Waals surface area contributed by atoms with Gasteiger partial charge in [0, 0.05) is 6.42 Å². The second kappa shape index (κ2) is 4.69. The van der Waals surface area contributed by atoms with Gasteiger partial charge >= 0.3 is 6.09 Å². The summed E-state index contributed by atoms with van der Waals surface area (Å²) in [5.74, 6) is 0.0770. The van der Waals surface area contributed by atoms with Gasteiger partial charge in [-0.15, -0.1) is 0 Å². The molecule has 4 heteroatoms. The van der Waals surface area contributed by atoms with E-state index in [-0.39, 0.29) is 11.9 Å². The third-order valence-electron chi connectivity index (χ3n) is 1.59. The largest absolute Gasteiger partial charge is 0.510 e. The van der Waals surface area contributed by atoms with Gasteiger partial charge in [0.05, 0.1) is 11.8 Å². The summed E-state index contributed by atoms with van der Waals surface area (Å²) in [4.78, 5) is 11.1. The van der Waals surface area contributed by atoms with E-state index in [2.05, 4.69) is 5.32 Å². The Balaban J connectivity index is 2.51. The molecule has 0 spiro atoms. The Morgan fingerprint density at radius 3 is 2.93 bits per heavy atom. The molecule has 4 nitrogen and oxygen atoms in total. The molecule has 77 valence electrons. The van der Waals surface area contributed by atoms with E-state index in [9.17, 15) is 9.90 Å². The van der Waals surface area contributed by atoms with E-state index in [1.165, 1.54) is 0 Å². The van der Waals surface area contributed by atoms with Gasteiger partial charge in [0.1, 0.15) is 5.76 Å². The van der Waals surface area contributed by atoms with Crippen LogP contribution in [0.3, 0.4) is 0 Å². The van der Waals surface area contributed by atoms with Crippen molar-refractivity contribution in [2.75, 3.05) is 0 Å². The number of aliphatic hydroxyl groups is 1. The fraction of sp³-hybridized carbons (Fsp3) is 0.400. The Bertz CT molecular complexity index is 279. The van der Waals surface area contributed by atoms with E-state index in [0.29, 0.717) is 12.1 Å². The molecule has 14 heavy (non-hydrogen) atoms. The predicted octanol–water partition coefficient (Wildman–Crippen LogP) is 2.05. The number of hydrogen-bond donors (Lipinski definition) is 2. The van der Waals surface area contributed by atoms with Crippen molar-refractivity contribution in [3.63, 3.8) is 0 Å². The van der Waals surface area contributed by atoms with E-state index in [4.69, 9.17) is 4.74 Å². The molecule has 1 aliphatic carbocycles. The van der Waals surface area contributed by atoms with E-state index in [1.807, 2.05) is 6.08 Å². The molecule has 0 heterocycles. The maximum atomic E-state index is 11.1. The lowest BCUT2D eigenvalue weighted by Crippen LogP contribution is -2.27. The maximum absolute atomic E-state index is 11.1. The standard InChI is InChI=1S/C10H14NO3/c1-7(2)14-10(13)11-8-5-3-4-6-9(8)12/h3,5-7,12H,4H2,1-2H3,(H,11,13). The fourth-order valence-corrected chi connectivity index (χ4v) is 1.02. The summed E-state index contributed by atoms with van der Waals surface area (Å²) in [5.41, 5.74) is 0.377. The van der Waals surface area contributed by atoms with Gasteiger partial charge in [-0.1, -0.05) is 6.08 Å². The molecule has 2 N–H and O–H groups in total. The minimum atomic E-state index is -0.554. The van der Waals surface area contributed by atoms with Crippen LogP contribution in [0.1, 0.15) is 20.3 Å². The Morgan fingerprint density at radius 1 is 1.64 bits per heavy atom. The molecule has 0 aromatic carbocycles.